The van der Waals surface area contributed by atoms with Crippen LogP contribution in [-0.2, 0) is 7.05 Å². The van der Waals surface area contributed by atoms with E-state index in [0.29, 0.717) is 27.1 Å². The molecule has 0 N–H and O–H groups in total. The summed E-state index contributed by atoms with van der Waals surface area (Å²) in [5.74, 6) is 1.22. The largest absolute Gasteiger partial charge is 0.493 e. The Kier molecular flexibility index (Phi) is 4.33. The number of hydrogen-bond acceptors (Lipinski definition) is 4. The lowest BCUT2D eigenvalue weighted by Gasteiger charge is -2.19. The first-order chi connectivity index (χ1) is 11.0. The number of nitrogens with zero attached hydrogens (tertiary/aromatic N) is 3. The highest BCUT2D eigenvalue weighted by Gasteiger charge is 2.18. The van der Waals surface area contributed by atoms with Gasteiger partial charge < -0.3 is 9.47 Å². The van der Waals surface area contributed by atoms with Crippen LogP contribution in [0.5, 0.6) is 11.5 Å². The molecule has 0 aliphatic rings. The van der Waals surface area contributed by atoms with Crippen molar-refractivity contribution in [2.24, 2.45) is 7.05 Å². The highest BCUT2D eigenvalue weighted by atomic mass is 35.5. The van der Waals surface area contributed by atoms with E-state index in [4.69, 9.17) is 32.7 Å². The molecule has 0 amide bonds. The first-order valence-corrected chi connectivity index (χ1v) is 7.72. The fourth-order valence-electron chi connectivity index (χ4n) is 2.47. The number of benzene rings is 1. The van der Waals surface area contributed by atoms with E-state index < -0.39 is 0 Å². The summed E-state index contributed by atoms with van der Waals surface area (Å²) in [6.45, 7) is 1.87. The zero-order valence-electron chi connectivity index (χ0n) is 12.9. The van der Waals surface area contributed by atoms with Gasteiger partial charge in [-0.3, -0.25) is 9.67 Å². The third-order valence-electron chi connectivity index (χ3n) is 3.63. The standard InChI is InChI=1S/C16H15Cl2N3O2/c1-9(16-11(17)7-19-8-12(16)18)23-15-4-10-6-20-21(2)13(10)5-14(15)22-3/h4-9H,1-3H3/t9-/m1/s1. The molecule has 3 aromatic rings. The number of fused-ring (bicyclic) bond motifs is 1. The van der Waals surface area contributed by atoms with Crippen molar-refractivity contribution in [3.63, 3.8) is 0 Å². The maximum absolute atomic E-state index is 6.19. The van der Waals surface area contributed by atoms with E-state index in [1.165, 1.54) is 0 Å². The van der Waals surface area contributed by atoms with Crippen LogP contribution in [0.2, 0.25) is 10.0 Å². The maximum atomic E-state index is 6.19. The SMILES string of the molecule is COc1cc2c(cnn2C)cc1O[C@H](C)c1c(Cl)cncc1Cl. The quantitative estimate of drug-likeness (QED) is 0.697. The number of ether oxygens (including phenoxy) is 2. The number of hydrogen-bond donors (Lipinski definition) is 0. The van der Waals surface area contributed by atoms with E-state index in [1.807, 2.05) is 26.1 Å². The molecule has 1 atom stereocenters. The lowest BCUT2D eigenvalue weighted by molar-refractivity contribution is 0.216. The third-order valence-corrected chi connectivity index (χ3v) is 4.23. The van der Waals surface area contributed by atoms with Gasteiger partial charge in [0.1, 0.15) is 6.10 Å². The molecule has 2 heterocycles. The summed E-state index contributed by atoms with van der Waals surface area (Å²) in [6, 6.07) is 3.78. The minimum Gasteiger partial charge on any atom is -0.493 e. The summed E-state index contributed by atoms with van der Waals surface area (Å²) in [7, 11) is 3.48. The minimum atomic E-state index is -0.360. The minimum absolute atomic E-state index is 0.360. The van der Waals surface area contributed by atoms with Gasteiger partial charge in [0, 0.05) is 36.5 Å². The molecule has 5 nitrogen and oxygen atoms in total. The zero-order chi connectivity index (χ0) is 16.6. The Morgan fingerprint density at radius 3 is 2.43 bits per heavy atom. The van der Waals surface area contributed by atoms with Crippen LogP contribution in [0.15, 0.2) is 30.7 Å². The van der Waals surface area contributed by atoms with Gasteiger partial charge in [-0.15, -0.1) is 0 Å². The summed E-state index contributed by atoms with van der Waals surface area (Å²) >= 11 is 12.4. The van der Waals surface area contributed by atoms with Gasteiger partial charge >= 0.3 is 0 Å². The summed E-state index contributed by atoms with van der Waals surface area (Å²) in [6.07, 6.45) is 4.51. The monoisotopic (exact) mass is 351 g/mol. The fourth-order valence-corrected chi connectivity index (χ4v) is 3.14. The van der Waals surface area contributed by atoms with Crippen LogP contribution < -0.4 is 9.47 Å². The Bertz CT molecular complexity index is 844. The van der Waals surface area contributed by atoms with Gasteiger partial charge in [0.15, 0.2) is 11.5 Å². The van der Waals surface area contributed by atoms with Crippen molar-refractivity contribution >= 4 is 34.1 Å². The number of aromatic nitrogens is 3. The van der Waals surface area contributed by atoms with Crippen LogP contribution in [0.3, 0.4) is 0 Å². The first-order valence-electron chi connectivity index (χ1n) is 6.96. The number of methoxy groups -OCH3 is 1. The average molecular weight is 352 g/mol. The Hall–Kier alpha value is -1.98. The van der Waals surface area contributed by atoms with Crippen molar-refractivity contribution in [2.75, 3.05) is 7.11 Å². The molecule has 0 radical (unpaired) electrons. The number of aryl methyl sites for hydroxylation is 1. The average Bonchev–Trinajstić information content (AvgIpc) is 2.87. The van der Waals surface area contributed by atoms with E-state index in [1.54, 1.807) is 30.4 Å². The van der Waals surface area contributed by atoms with Crippen molar-refractivity contribution in [1.82, 2.24) is 14.8 Å². The molecule has 0 fully saturated rings. The van der Waals surface area contributed by atoms with E-state index in [9.17, 15) is 0 Å². The highest BCUT2D eigenvalue weighted by Crippen LogP contribution is 2.37. The van der Waals surface area contributed by atoms with Gasteiger partial charge in [-0.2, -0.15) is 5.10 Å². The Morgan fingerprint density at radius 1 is 1.09 bits per heavy atom. The molecule has 1 aromatic carbocycles. The van der Waals surface area contributed by atoms with Gasteiger partial charge in [0.2, 0.25) is 0 Å². The predicted molar refractivity (Wildman–Crippen MR) is 90.6 cm³/mol. The van der Waals surface area contributed by atoms with E-state index in [-0.39, 0.29) is 6.10 Å². The van der Waals surface area contributed by atoms with Crippen molar-refractivity contribution in [2.45, 2.75) is 13.0 Å². The van der Waals surface area contributed by atoms with E-state index in [2.05, 4.69) is 10.1 Å². The maximum Gasteiger partial charge on any atom is 0.162 e. The second-order valence-corrected chi connectivity index (χ2v) is 5.92. The van der Waals surface area contributed by atoms with Crippen LogP contribution in [0.25, 0.3) is 10.9 Å². The molecule has 0 spiro atoms. The molecule has 0 saturated heterocycles. The molecule has 0 saturated carbocycles. The van der Waals surface area contributed by atoms with Gasteiger partial charge in [0.05, 0.1) is 28.9 Å². The molecule has 3 rings (SSSR count). The summed E-state index contributed by atoms with van der Waals surface area (Å²) in [5.41, 5.74) is 1.65. The Balaban J connectivity index is 2.00. The predicted octanol–water partition coefficient (Wildman–Crippen LogP) is 4.42. The second kappa shape index (κ2) is 6.26. The Labute approximate surface area is 143 Å². The van der Waals surface area contributed by atoms with E-state index in [0.717, 1.165) is 10.9 Å². The van der Waals surface area contributed by atoms with Crippen LogP contribution in [0, 0.1) is 0 Å². The van der Waals surface area contributed by atoms with Crippen molar-refractivity contribution in [3.05, 3.63) is 46.3 Å². The molecule has 0 unspecified atom stereocenters. The van der Waals surface area contributed by atoms with Gasteiger partial charge in [0.25, 0.3) is 0 Å². The Morgan fingerprint density at radius 2 is 1.78 bits per heavy atom. The molecule has 0 aliphatic heterocycles. The van der Waals surface area contributed by atoms with Gasteiger partial charge in [-0.25, -0.2) is 0 Å². The zero-order valence-corrected chi connectivity index (χ0v) is 14.4. The van der Waals surface area contributed by atoms with Crippen LogP contribution >= 0.6 is 23.2 Å². The smallest absolute Gasteiger partial charge is 0.162 e. The molecule has 0 aliphatic carbocycles. The first kappa shape index (κ1) is 15.9. The fraction of sp³-hybridized carbons (Fsp3) is 0.250. The molecule has 0 bridgehead atoms. The van der Waals surface area contributed by atoms with Crippen LogP contribution in [0.4, 0.5) is 0 Å². The molecule has 2 aromatic heterocycles. The van der Waals surface area contributed by atoms with Crippen molar-refractivity contribution in [3.8, 4) is 11.5 Å². The topological polar surface area (TPSA) is 49.2 Å². The van der Waals surface area contributed by atoms with Gasteiger partial charge in [-0.1, -0.05) is 23.2 Å². The summed E-state index contributed by atoms with van der Waals surface area (Å²) < 4.78 is 13.3. The van der Waals surface area contributed by atoms with Crippen LogP contribution in [-0.4, -0.2) is 21.9 Å². The van der Waals surface area contributed by atoms with Crippen molar-refractivity contribution < 1.29 is 9.47 Å². The summed E-state index contributed by atoms with van der Waals surface area (Å²) in [4.78, 5) is 3.96. The van der Waals surface area contributed by atoms with Crippen LogP contribution in [0.1, 0.15) is 18.6 Å². The molecular formula is C16H15Cl2N3O2. The number of pyridine rings is 1. The molecule has 7 heteroatoms. The van der Waals surface area contributed by atoms with Crippen molar-refractivity contribution in [1.29, 1.82) is 0 Å². The molecule has 120 valence electrons. The number of halogens is 2. The summed E-state index contributed by atoms with van der Waals surface area (Å²) in [5, 5.41) is 6.12. The van der Waals surface area contributed by atoms with E-state index >= 15 is 0 Å². The second-order valence-electron chi connectivity index (χ2n) is 5.11. The number of rotatable bonds is 4. The highest BCUT2D eigenvalue weighted by molar-refractivity contribution is 6.35. The molecular weight excluding hydrogens is 337 g/mol. The lowest BCUT2D eigenvalue weighted by Crippen LogP contribution is -2.06. The normalized spacial score (nSPS) is 12.4. The lowest BCUT2D eigenvalue weighted by atomic mass is 10.1. The molecule has 23 heavy (non-hydrogen) atoms. The van der Waals surface area contributed by atoms with Gasteiger partial charge in [-0.05, 0) is 13.0 Å². The third kappa shape index (κ3) is 2.94.